The van der Waals surface area contributed by atoms with E-state index in [1.807, 2.05) is 72.8 Å². The highest BCUT2D eigenvalue weighted by molar-refractivity contribution is 5.64. The third-order valence-corrected chi connectivity index (χ3v) is 2.58. The summed E-state index contributed by atoms with van der Waals surface area (Å²) in [5.41, 5.74) is 15.2. The Balaban J connectivity index is 2.21. The van der Waals surface area contributed by atoms with Crippen LogP contribution in [-0.4, -0.2) is 0 Å². The van der Waals surface area contributed by atoms with Crippen LogP contribution in [0.25, 0.3) is 12.2 Å². The monoisotopic (exact) mass is 236 g/mol. The van der Waals surface area contributed by atoms with Gasteiger partial charge in [0.15, 0.2) is 0 Å². The second-order valence-corrected chi connectivity index (χ2v) is 4.02. The van der Waals surface area contributed by atoms with Gasteiger partial charge in [-0.05, 0) is 23.3 Å². The molecule has 2 aromatic carbocycles. The summed E-state index contributed by atoms with van der Waals surface area (Å²) >= 11 is 0. The molecule has 0 radical (unpaired) electrons. The van der Waals surface area contributed by atoms with E-state index in [4.69, 9.17) is 11.5 Å². The topological polar surface area (TPSA) is 52.0 Å². The Hall–Kier alpha value is -2.48. The summed E-state index contributed by atoms with van der Waals surface area (Å²) in [7, 11) is 0. The zero-order valence-corrected chi connectivity index (χ0v) is 10.1. The molecule has 0 unspecified atom stereocenters. The highest BCUT2D eigenvalue weighted by Gasteiger charge is 1.96. The molecule has 18 heavy (non-hydrogen) atoms. The van der Waals surface area contributed by atoms with E-state index < -0.39 is 0 Å². The Morgan fingerprint density at radius 2 is 0.944 bits per heavy atom. The molecule has 0 aromatic heterocycles. The van der Waals surface area contributed by atoms with Gasteiger partial charge in [0.1, 0.15) is 0 Å². The first-order valence-corrected chi connectivity index (χ1v) is 5.80. The Bertz CT molecular complexity index is 501. The van der Waals surface area contributed by atoms with Crippen LogP contribution in [0.2, 0.25) is 0 Å². The van der Waals surface area contributed by atoms with Crippen LogP contribution in [0.1, 0.15) is 11.1 Å². The number of hydrogen-bond donors (Lipinski definition) is 2. The SMILES string of the molecule is NC(=Cc1ccccc1)C(N)=Cc1ccccc1. The minimum absolute atomic E-state index is 0.574. The number of hydrogen-bond acceptors (Lipinski definition) is 2. The predicted octanol–water partition coefficient (Wildman–Crippen LogP) is 2.99. The first kappa shape index (κ1) is 12.0. The van der Waals surface area contributed by atoms with Gasteiger partial charge in [-0.3, -0.25) is 0 Å². The maximum Gasteiger partial charge on any atom is 0.0554 e. The van der Waals surface area contributed by atoms with Gasteiger partial charge in [-0.15, -0.1) is 0 Å². The van der Waals surface area contributed by atoms with Gasteiger partial charge >= 0.3 is 0 Å². The van der Waals surface area contributed by atoms with Gasteiger partial charge in [0.2, 0.25) is 0 Å². The summed E-state index contributed by atoms with van der Waals surface area (Å²) in [6.45, 7) is 0. The van der Waals surface area contributed by atoms with Gasteiger partial charge in [0.25, 0.3) is 0 Å². The Morgan fingerprint density at radius 1 is 0.611 bits per heavy atom. The first-order chi connectivity index (χ1) is 8.75. The zero-order chi connectivity index (χ0) is 12.8. The minimum atomic E-state index is 0.574. The molecule has 90 valence electrons. The number of benzene rings is 2. The van der Waals surface area contributed by atoms with Crippen molar-refractivity contribution in [2.45, 2.75) is 0 Å². The van der Waals surface area contributed by atoms with E-state index in [0.717, 1.165) is 11.1 Å². The molecule has 2 heteroatoms. The van der Waals surface area contributed by atoms with E-state index in [0.29, 0.717) is 11.4 Å². The molecule has 0 aliphatic rings. The molecule has 0 amide bonds. The fraction of sp³-hybridized carbons (Fsp3) is 0. The van der Waals surface area contributed by atoms with Crippen LogP contribution in [0, 0.1) is 0 Å². The minimum Gasteiger partial charge on any atom is -0.397 e. The second kappa shape index (κ2) is 5.73. The van der Waals surface area contributed by atoms with Crippen molar-refractivity contribution in [2.24, 2.45) is 11.5 Å². The quantitative estimate of drug-likeness (QED) is 0.805. The zero-order valence-electron chi connectivity index (χ0n) is 10.1. The maximum atomic E-state index is 5.96. The second-order valence-electron chi connectivity index (χ2n) is 4.02. The standard InChI is InChI=1S/C16H16N2/c17-15(11-13-7-3-1-4-8-13)16(18)12-14-9-5-2-6-10-14/h1-12H,17-18H2. The van der Waals surface area contributed by atoms with Crippen LogP contribution in [0.3, 0.4) is 0 Å². The van der Waals surface area contributed by atoms with E-state index in [9.17, 15) is 0 Å². The first-order valence-electron chi connectivity index (χ1n) is 5.80. The van der Waals surface area contributed by atoms with Crippen molar-refractivity contribution in [1.82, 2.24) is 0 Å². The molecule has 4 N–H and O–H groups in total. The lowest BCUT2D eigenvalue weighted by Crippen LogP contribution is -2.08. The highest BCUT2D eigenvalue weighted by atomic mass is 14.7. The number of nitrogens with two attached hydrogens (primary N) is 2. The van der Waals surface area contributed by atoms with Gasteiger partial charge in [-0.1, -0.05) is 60.7 Å². The van der Waals surface area contributed by atoms with E-state index in [1.165, 1.54) is 0 Å². The average molecular weight is 236 g/mol. The molecule has 0 spiro atoms. The fourth-order valence-corrected chi connectivity index (χ4v) is 1.62. The molecule has 0 bridgehead atoms. The van der Waals surface area contributed by atoms with Gasteiger partial charge in [0.05, 0.1) is 11.4 Å². The molecule has 0 saturated carbocycles. The van der Waals surface area contributed by atoms with Gasteiger partial charge < -0.3 is 11.5 Å². The molecule has 0 saturated heterocycles. The molecule has 0 aliphatic carbocycles. The van der Waals surface area contributed by atoms with Crippen molar-refractivity contribution in [3.8, 4) is 0 Å². The molecule has 0 atom stereocenters. The van der Waals surface area contributed by atoms with Crippen molar-refractivity contribution in [3.05, 3.63) is 83.2 Å². The van der Waals surface area contributed by atoms with E-state index in [1.54, 1.807) is 0 Å². The Morgan fingerprint density at radius 3 is 1.28 bits per heavy atom. The van der Waals surface area contributed by atoms with E-state index in [2.05, 4.69) is 0 Å². The van der Waals surface area contributed by atoms with Gasteiger partial charge in [-0.2, -0.15) is 0 Å². The highest BCUT2D eigenvalue weighted by Crippen LogP contribution is 2.10. The molecule has 2 rings (SSSR count). The van der Waals surface area contributed by atoms with Crippen LogP contribution >= 0.6 is 0 Å². The lowest BCUT2D eigenvalue weighted by Gasteiger charge is -2.02. The van der Waals surface area contributed by atoms with Crippen LogP contribution in [-0.2, 0) is 0 Å². The van der Waals surface area contributed by atoms with Crippen molar-refractivity contribution in [3.63, 3.8) is 0 Å². The smallest absolute Gasteiger partial charge is 0.0554 e. The van der Waals surface area contributed by atoms with Crippen LogP contribution in [0.15, 0.2) is 72.1 Å². The molecule has 0 heterocycles. The normalized spacial score (nSPS) is 12.4. The predicted molar refractivity (Wildman–Crippen MR) is 77.2 cm³/mol. The van der Waals surface area contributed by atoms with Crippen molar-refractivity contribution < 1.29 is 0 Å². The molecule has 0 aliphatic heterocycles. The lowest BCUT2D eigenvalue weighted by atomic mass is 10.1. The van der Waals surface area contributed by atoms with E-state index >= 15 is 0 Å². The van der Waals surface area contributed by atoms with Crippen molar-refractivity contribution in [1.29, 1.82) is 0 Å². The summed E-state index contributed by atoms with van der Waals surface area (Å²) in [6, 6.07) is 19.8. The molecule has 2 nitrogen and oxygen atoms in total. The summed E-state index contributed by atoms with van der Waals surface area (Å²) in [4.78, 5) is 0. The molecular formula is C16H16N2. The van der Waals surface area contributed by atoms with Crippen LogP contribution in [0.5, 0.6) is 0 Å². The van der Waals surface area contributed by atoms with Crippen LogP contribution < -0.4 is 11.5 Å². The lowest BCUT2D eigenvalue weighted by molar-refractivity contribution is 1.28. The summed E-state index contributed by atoms with van der Waals surface area (Å²) < 4.78 is 0. The third-order valence-electron chi connectivity index (χ3n) is 2.58. The average Bonchev–Trinajstić information content (AvgIpc) is 2.41. The largest absolute Gasteiger partial charge is 0.397 e. The maximum absolute atomic E-state index is 5.96. The van der Waals surface area contributed by atoms with Gasteiger partial charge in [0, 0.05) is 0 Å². The van der Waals surface area contributed by atoms with Crippen LogP contribution in [0.4, 0.5) is 0 Å². The van der Waals surface area contributed by atoms with Crippen molar-refractivity contribution in [2.75, 3.05) is 0 Å². The Kier molecular flexibility index (Phi) is 3.82. The summed E-state index contributed by atoms with van der Waals surface area (Å²) in [6.07, 6.45) is 3.74. The third kappa shape index (κ3) is 3.25. The summed E-state index contributed by atoms with van der Waals surface area (Å²) in [5, 5.41) is 0. The summed E-state index contributed by atoms with van der Waals surface area (Å²) in [5.74, 6) is 0. The fourth-order valence-electron chi connectivity index (χ4n) is 1.62. The molecular weight excluding hydrogens is 220 g/mol. The van der Waals surface area contributed by atoms with Gasteiger partial charge in [-0.25, -0.2) is 0 Å². The van der Waals surface area contributed by atoms with Crippen molar-refractivity contribution >= 4 is 12.2 Å². The molecule has 2 aromatic rings. The number of rotatable bonds is 3. The Labute approximate surface area is 107 Å². The molecule has 0 fully saturated rings. The van der Waals surface area contributed by atoms with E-state index in [-0.39, 0.29) is 0 Å².